The third kappa shape index (κ3) is 3.91. The maximum absolute atomic E-state index is 12.3. The number of rotatable bonds is 5. The number of carbonyl (C=O) groups is 1. The van der Waals surface area contributed by atoms with E-state index < -0.39 is 0 Å². The molecule has 0 radical (unpaired) electrons. The lowest BCUT2D eigenvalue weighted by molar-refractivity contribution is -0.145. The van der Waals surface area contributed by atoms with E-state index in [9.17, 15) is 9.59 Å². The van der Waals surface area contributed by atoms with Gasteiger partial charge in [0.1, 0.15) is 12.3 Å². The number of esters is 1. The second-order valence-corrected chi connectivity index (χ2v) is 7.58. The van der Waals surface area contributed by atoms with Gasteiger partial charge in [0.2, 0.25) is 0 Å². The molecule has 0 unspecified atom stereocenters. The number of pyridine rings is 1. The molecular formula is C21H20ClN5O3. The number of nitrogens with zero attached hydrogens (tertiary/aromatic N) is 5. The van der Waals surface area contributed by atoms with Crippen LogP contribution in [0.25, 0.3) is 11.3 Å². The Labute approximate surface area is 177 Å². The van der Waals surface area contributed by atoms with E-state index in [1.165, 1.54) is 16.7 Å². The predicted molar refractivity (Wildman–Crippen MR) is 112 cm³/mol. The van der Waals surface area contributed by atoms with Gasteiger partial charge < -0.3 is 4.74 Å². The summed E-state index contributed by atoms with van der Waals surface area (Å²) in [5.41, 5.74) is 5.04. The van der Waals surface area contributed by atoms with Gasteiger partial charge in [-0.2, -0.15) is 5.10 Å². The number of hydrogen-bond donors (Lipinski definition) is 0. The van der Waals surface area contributed by atoms with Crippen molar-refractivity contribution in [1.29, 1.82) is 0 Å². The van der Waals surface area contributed by atoms with Gasteiger partial charge in [-0.1, -0.05) is 11.6 Å². The molecule has 0 N–H and O–H groups in total. The molecule has 0 spiro atoms. The predicted octanol–water partition coefficient (Wildman–Crippen LogP) is 2.99. The number of fused-ring (bicyclic) bond motifs is 2. The summed E-state index contributed by atoms with van der Waals surface area (Å²) in [5.74, 6) is -0.372. The second-order valence-electron chi connectivity index (χ2n) is 7.14. The van der Waals surface area contributed by atoms with Crippen LogP contribution in [0.3, 0.4) is 0 Å². The molecular weight excluding hydrogens is 406 g/mol. The molecule has 4 aromatic heterocycles. The molecule has 30 heavy (non-hydrogen) atoms. The van der Waals surface area contributed by atoms with E-state index in [2.05, 4.69) is 15.1 Å². The van der Waals surface area contributed by atoms with Crippen molar-refractivity contribution >= 4 is 28.9 Å². The van der Waals surface area contributed by atoms with Crippen LogP contribution in [0.5, 0.6) is 0 Å². The van der Waals surface area contributed by atoms with E-state index in [0.717, 1.165) is 28.3 Å². The Kier molecular flexibility index (Phi) is 5.26. The van der Waals surface area contributed by atoms with E-state index in [1.54, 1.807) is 16.6 Å². The average molecular weight is 426 g/mol. The third-order valence-corrected chi connectivity index (χ3v) is 5.15. The van der Waals surface area contributed by atoms with Crippen molar-refractivity contribution in [3.05, 3.63) is 74.2 Å². The van der Waals surface area contributed by atoms with Crippen LogP contribution >= 0.6 is 11.6 Å². The van der Waals surface area contributed by atoms with Crippen molar-refractivity contribution in [2.75, 3.05) is 0 Å². The van der Waals surface area contributed by atoms with E-state index in [1.807, 2.05) is 26.8 Å². The maximum atomic E-state index is 12.3. The van der Waals surface area contributed by atoms with E-state index >= 15 is 0 Å². The summed E-state index contributed by atoms with van der Waals surface area (Å²) in [4.78, 5) is 33.4. The summed E-state index contributed by atoms with van der Waals surface area (Å²) in [6, 6.07) is 6.55. The Morgan fingerprint density at radius 2 is 1.93 bits per heavy atom. The third-order valence-electron chi connectivity index (χ3n) is 4.92. The summed E-state index contributed by atoms with van der Waals surface area (Å²) in [5, 5.41) is 4.88. The molecule has 0 aromatic carbocycles. The van der Waals surface area contributed by atoms with E-state index in [-0.39, 0.29) is 24.6 Å². The lowest BCUT2D eigenvalue weighted by atomic mass is 10.1. The molecule has 0 atom stereocenters. The van der Waals surface area contributed by atoms with Crippen LogP contribution in [0.4, 0.5) is 0 Å². The summed E-state index contributed by atoms with van der Waals surface area (Å²) in [7, 11) is 0. The first kappa shape index (κ1) is 20.0. The minimum atomic E-state index is -0.372. The van der Waals surface area contributed by atoms with E-state index in [4.69, 9.17) is 16.3 Å². The van der Waals surface area contributed by atoms with Gasteiger partial charge in [-0.3, -0.25) is 14.0 Å². The van der Waals surface area contributed by atoms with Crippen LogP contribution in [0.1, 0.15) is 34.8 Å². The highest BCUT2D eigenvalue weighted by molar-refractivity contribution is 6.30. The lowest BCUT2D eigenvalue weighted by Crippen LogP contribution is -2.17. The van der Waals surface area contributed by atoms with Gasteiger partial charge in [0.25, 0.3) is 5.56 Å². The molecule has 4 rings (SSSR count). The Balaban J connectivity index is 1.43. The fourth-order valence-electron chi connectivity index (χ4n) is 3.46. The zero-order valence-electron chi connectivity index (χ0n) is 16.8. The van der Waals surface area contributed by atoms with Gasteiger partial charge in [-0.25, -0.2) is 14.5 Å². The number of halogens is 1. The Morgan fingerprint density at radius 1 is 1.13 bits per heavy atom. The fourth-order valence-corrected chi connectivity index (χ4v) is 3.62. The highest BCUT2D eigenvalue weighted by Crippen LogP contribution is 2.17. The van der Waals surface area contributed by atoms with E-state index in [0.29, 0.717) is 22.8 Å². The van der Waals surface area contributed by atoms with Crippen molar-refractivity contribution in [3.63, 3.8) is 0 Å². The first-order valence-corrected chi connectivity index (χ1v) is 9.85. The first-order chi connectivity index (χ1) is 14.3. The molecule has 0 aliphatic heterocycles. The normalized spacial score (nSPS) is 11.3. The summed E-state index contributed by atoms with van der Waals surface area (Å²) in [6.45, 7) is 5.74. The van der Waals surface area contributed by atoms with Gasteiger partial charge in [-0.05, 0) is 44.9 Å². The summed E-state index contributed by atoms with van der Waals surface area (Å²) >= 11 is 5.91. The molecule has 0 aliphatic carbocycles. The van der Waals surface area contributed by atoms with Gasteiger partial charge in [0, 0.05) is 36.1 Å². The van der Waals surface area contributed by atoms with Crippen LogP contribution in [0.2, 0.25) is 5.02 Å². The fraction of sp³-hybridized carbons (Fsp3) is 0.286. The average Bonchev–Trinajstić information content (AvgIpc) is 3.07. The van der Waals surface area contributed by atoms with Crippen LogP contribution in [0, 0.1) is 20.8 Å². The molecule has 0 amide bonds. The van der Waals surface area contributed by atoms with Crippen LogP contribution < -0.4 is 5.56 Å². The number of ether oxygens (including phenoxy) is 1. The standard InChI is InChI=1S/C21H20ClN5O3/c1-12-8-19-23-13(2)17(14(3)27(19)25-12)5-7-21(29)30-11-16-9-20(28)26-10-15(22)4-6-18(26)24-16/h4,6,8-10H,5,7,11H2,1-3H3. The maximum Gasteiger partial charge on any atom is 0.306 e. The lowest BCUT2D eigenvalue weighted by Gasteiger charge is -2.11. The minimum Gasteiger partial charge on any atom is -0.459 e. The highest BCUT2D eigenvalue weighted by atomic mass is 35.5. The SMILES string of the molecule is Cc1cc2nc(C)c(CCC(=O)OCc3cc(=O)n4cc(Cl)ccc4n3)c(C)n2n1. The number of carbonyl (C=O) groups excluding carboxylic acids is 1. The molecule has 4 aromatic rings. The van der Waals surface area contributed by atoms with Crippen molar-refractivity contribution in [1.82, 2.24) is 24.0 Å². The minimum absolute atomic E-state index is 0.0687. The largest absolute Gasteiger partial charge is 0.459 e. The van der Waals surface area contributed by atoms with Crippen molar-refractivity contribution < 1.29 is 9.53 Å². The Hall–Kier alpha value is -3.26. The molecule has 8 nitrogen and oxygen atoms in total. The van der Waals surface area contributed by atoms with Gasteiger partial charge in [0.15, 0.2) is 5.65 Å². The van der Waals surface area contributed by atoms with Crippen LogP contribution in [-0.4, -0.2) is 30.0 Å². The molecule has 0 fully saturated rings. The van der Waals surface area contributed by atoms with Crippen molar-refractivity contribution in [3.8, 4) is 0 Å². The van der Waals surface area contributed by atoms with Gasteiger partial charge in [0.05, 0.1) is 16.4 Å². The first-order valence-electron chi connectivity index (χ1n) is 9.48. The number of hydrogen-bond acceptors (Lipinski definition) is 6. The topological polar surface area (TPSA) is 90.9 Å². The van der Waals surface area contributed by atoms with Gasteiger partial charge >= 0.3 is 5.97 Å². The highest BCUT2D eigenvalue weighted by Gasteiger charge is 2.14. The molecule has 154 valence electrons. The second kappa shape index (κ2) is 7.87. The number of aromatic nitrogens is 5. The molecule has 9 heteroatoms. The molecule has 0 aliphatic rings. The van der Waals surface area contributed by atoms with Crippen molar-refractivity contribution in [2.45, 2.75) is 40.2 Å². The Bertz CT molecular complexity index is 1340. The summed E-state index contributed by atoms with van der Waals surface area (Å²) in [6.07, 6.45) is 2.18. The monoisotopic (exact) mass is 425 g/mol. The zero-order valence-corrected chi connectivity index (χ0v) is 17.6. The molecule has 0 bridgehead atoms. The Morgan fingerprint density at radius 3 is 2.73 bits per heavy atom. The zero-order chi connectivity index (χ0) is 21.4. The van der Waals surface area contributed by atoms with Crippen LogP contribution in [-0.2, 0) is 22.6 Å². The summed E-state index contributed by atoms with van der Waals surface area (Å²) < 4.78 is 8.47. The van der Waals surface area contributed by atoms with Crippen LogP contribution in [0.15, 0.2) is 35.3 Å². The molecule has 0 saturated heterocycles. The molecule has 4 heterocycles. The van der Waals surface area contributed by atoms with Gasteiger partial charge in [-0.15, -0.1) is 0 Å². The molecule has 0 saturated carbocycles. The number of aryl methyl sites for hydroxylation is 3. The smallest absolute Gasteiger partial charge is 0.306 e. The quantitative estimate of drug-likeness (QED) is 0.456. The van der Waals surface area contributed by atoms with Crippen molar-refractivity contribution in [2.24, 2.45) is 0 Å².